The van der Waals surface area contributed by atoms with E-state index >= 15 is 0 Å². The third-order valence-electron chi connectivity index (χ3n) is 2.77. The van der Waals surface area contributed by atoms with Crippen LogP contribution in [-0.4, -0.2) is 23.2 Å². The smallest absolute Gasteiger partial charge is 0.0911 e. The molecule has 0 spiro atoms. The van der Waals surface area contributed by atoms with Gasteiger partial charge in [0.2, 0.25) is 0 Å². The molecule has 1 aromatic heterocycles. The highest BCUT2D eigenvalue weighted by Crippen LogP contribution is 2.38. The van der Waals surface area contributed by atoms with Crippen molar-refractivity contribution in [2.24, 2.45) is 11.8 Å². The zero-order valence-electron chi connectivity index (χ0n) is 8.76. The minimum atomic E-state index is -0.0730. The normalized spacial score (nSPS) is 19.9. The number of nitrogens with two attached hydrogens (primary N) is 1. The second kappa shape index (κ2) is 4.65. The lowest BCUT2D eigenvalue weighted by Crippen LogP contribution is -2.39. The van der Waals surface area contributed by atoms with Crippen LogP contribution in [0.25, 0.3) is 0 Å². The SMILES string of the molecule is COC(C1CC1)C(NN)c1cnccn1. The zero-order chi connectivity index (χ0) is 10.7. The molecule has 3 N–H and O–H groups in total. The van der Waals surface area contributed by atoms with E-state index < -0.39 is 0 Å². The molecule has 1 fully saturated rings. The Hall–Kier alpha value is -1.04. The van der Waals surface area contributed by atoms with Crippen molar-refractivity contribution in [2.45, 2.75) is 25.0 Å². The van der Waals surface area contributed by atoms with Crippen molar-refractivity contribution in [1.29, 1.82) is 0 Å². The zero-order valence-corrected chi connectivity index (χ0v) is 8.76. The number of hydrazine groups is 1. The van der Waals surface area contributed by atoms with E-state index in [1.165, 1.54) is 12.8 Å². The van der Waals surface area contributed by atoms with Crippen LogP contribution in [0.15, 0.2) is 18.6 Å². The van der Waals surface area contributed by atoms with Gasteiger partial charge in [0.15, 0.2) is 0 Å². The van der Waals surface area contributed by atoms with Gasteiger partial charge < -0.3 is 4.74 Å². The van der Waals surface area contributed by atoms with Gasteiger partial charge in [-0.3, -0.25) is 15.8 Å². The summed E-state index contributed by atoms with van der Waals surface area (Å²) in [5.74, 6) is 6.14. The fourth-order valence-corrected chi connectivity index (χ4v) is 1.85. The van der Waals surface area contributed by atoms with Crippen LogP contribution in [-0.2, 0) is 4.74 Å². The quantitative estimate of drug-likeness (QED) is 0.541. The van der Waals surface area contributed by atoms with E-state index in [0.29, 0.717) is 5.92 Å². The van der Waals surface area contributed by atoms with Gasteiger partial charge in [-0.05, 0) is 18.8 Å². The van der Waals surface area contributed by atoms with Crippen LogP contribution in [0.1, 0.15) is 24.6 Å². The van der Waals surface area contributed by atoms with E-state index in [9.17, 15) is 0 Å². The van der Waals surface area contributed by atoms with Crippen LogP contribution in [0.4, 0.5) is 0 Å². The Labute approximate surface area is 89.0 Å². The molecule has 5 heteroatoms. The van der Waals surface area contributed by atoms with E-state index in [1.807, 2.05) is 0 Å². The standard InChI is InChI=1S/C10H16N4O/c1-15-10(7-2-3-7)9(14-11)8-6-12-4-5-13-8/h4-7,9-10,14H,2-3,11H2,1H3. The molecule has 1 aliphatic rings. The lowest BCUT2D eigenvalue weighted by molar-refractivity contribution is 0.0493. The summed E-state index contributed by atoms with van der Waals surface area (Å²) in [6.45, 7) is 0. The molecule has 0 aliphatic heterocycles. The summed E-state index contributed by atoms with van der Waals surface area (Å²) in [6.07, 6.45) is 7.54. The Bertz CT molecular complexity index is 302. The molecule has 15 heavy (non-hydrogen) atoms. The first-order valence-corrected chi connectivity index (χ1v) is 5.11. The Morgan fingerprint density at radius 1 is 1.53 bits per heavy atom. The van der Waals surface area contributed by atoms with Crippen molar-refractivity contribution in [1.82, 2.24) is 15.4 Å². The van der Waals surface area contributed by atoms with Crippen LogP contribution in [0.5, 0.6) is 0 Å². The monoisotopic (exact) mass is 208 g/mol. The van der Waals surface area contributed by atoms with Crippen molar-refractivity contribution >= 4 is 0 Å². The number of hydrogen-bond acceptors (Lipinski definition) is 5. The number of ether oxygens (including phenoxy) is 1. The van der Waals surface area contributed by atoms with Gasteiger partial charge >= 0.3 is 0 Å². The summed E-state index contributed by atoms with van der Waals surface area (Å²) >= 11 is 0. The molecule has 0 amide bonds. The van der Waals surface area contributed by atoms with Gasteiger partial charge in [-0.25, -0.2) is 5.43 Å². The van der Waals surface area contributed by atoms with Crippen LogP contribution >= 0.6 is 0 Å². The van der Waals surface area contributed by atoms with Crippen molar-refractivity contribution in [3.63, 3.8) is 0 Å². The molecule has 2 unspecified atom stereocenters. The maximum atomic E-state index is 5.55. The Kier molecular flexibility index (Phi) is 3.25. The maximum absolute atomic E-state index is 5.55. The first-order valence-electron chi connectivity index (χ1n) is 5.11. The van der Waals surface area contributed by atoms with Crippen molar-refractivity contribution in [3.05, 3.63) is 24.3 Å². The Morgan fingerprint density at radius 3 is 2.80 bits per heavy atom. The number of nitrogens with one attached hydrogen (secondary N) is 1. The summed E-state index contributed by atoms with van der Waals surface area (Å²) in [7, 11) is 1.71. The van der Waals surface area contributed by atoms with Gasteiger partial charge in [-0.15, -0.1) is 0 Å². The fourth-order valence-electron chi connectivity index (χ4n) is 1.85. The molecule has 5 nitrogen and oxygen atoms in total. The first-order chi connectivity index (χ1) is 7.36. The van der Waals surface area contributed by atoms with E-state index in [4.69, 9.17) is 10.6 Å². The molecule has 0 radical (unpaired) electrons. The predicted octanol–water partition coefficient (Wildman–Crippen LogP) is 0.406. The highest BCUT2D eigenvalue weighted by molar-refractivity contribution is 5.07. The van der Waals surface area contributed by atoms with Crippen LogP contribution in [0.2, 0.25) is 0 Å². The van der Waals surface area contributed by atoms with Gasteiger partial charge in [0, 0.05) is 19.5 Å². The van der Waals surface area contributed by atoms with Gasteiger partial charge in [-0.2, -0.15) is 0 Å². The largest absolute Gasteiger partial charge is 0.379 e. The molecule has 2 rings (SSSR count). The van der Waals surface area contributed by atoms with Gasteiger partial charge in [-0.1, -0.05) is 0 Å². The van der Waals surface area contributed by atoms with Crippen LogP contribution < -0.4 is 11.3 Å². The molecule has 0 bridgehead atoms. The lowest BCUT2D eigenvalue weighted by atomic mass is 10.0. The fraction of sp³-hybridized carbons (Fsp3) is 0.600. The number of methoxy groups -OCH3 is 1. The van der Waals surface area contributed by atoms with Crippen molar-refractivity contribution in [2.75, 3.05) is 7.11 Å². The second-order valence-corrected chi connectivity index (χ2v) is 3.81. The molecular formula is C10H16N4O. The Morgan fingerprint density at radius 2 is 2.33 bits per heavy atom. The summed E-state index contributed by atoms with van der Waals surface area (Å²) in [6, 6.07) is -0.0730. The molecule has 0 saturated heterocycles. The first kappa shape index (κ1) is 10.5. The highest BCUT2D eigenvalue weighted by atomic mass is 16.5. The average molecular weight is 208 g/mol. The Balaban J connectivity index is 2.15. The number of rotatable bonds is 5. The average Bonchev–Trinajstić information content (AvgIpc) is 3.11. The summed E-state index contributed by atoms with van der Waals surface area (Å²) in [4.78, 5) is 8.28. The minimum absolute atomic E-state index is 0.0730. The summed E-state index contributed by atoms with van der Waals surface area (Å²) in [5.41, 5.74) is 3.60. The summed E-state index contributed by atoms with van der Waals surface area (Å²) < 4.78 is 5.47. The van der Waals surface area contributed by atoms with Gasteiger partial charge in [0.25, 0.3) is 0 Å². The highest BCUT2D eigenvalue weighted by Gasteiger charge is 2.37. The number of aromatic nitrogens is 2. The molecule has 0 aromatic carbocycles. The van der Waals surface area contributed by atoms with E-state index in [-0.39, 0.29) is 12.1 Å². The topological polar surface area (TPSA) is 73.1 Å². The molecular weight excluding hydrogens is 192 g/mol. The molecule has 1 aliphatic carbocycles. The second-order valence-electron chi connectivity index (χ2n) is 3.81. The molecule has 1 saturated carbocycles. The van der Waals surface area contributed by atoms with Crippen molar-refractivity contribution < 1.29 is 4.74 Å². The predicted molar refractivity (Wildman–Crippen MR) is 55.6 cm³/mol. The molecule has 2 atom stereocenters. The van der Waals surface area contributed by atoms with Crippen LogP contribution in [0.3, 0.4) is 0 Å². The van der Waals surface area contributed by atoms with Crippen LogP contribution in [0, 0.1) is 5.92 Å². The van der Waals surface area contributed by atoms with E-state index in [2.05, 4.69) is 15.4 Å². The maximum Gasteiger partial charge on any atom is 0.0911 e. The number of nitrogens with zero attached hydrogens (tertiary/aromatic N) is 2. The van der Waals surface area contributed by atoms with Crippen molar-refractivity contribution in [3.8, 4) is 0 Å². The lowest BCUT2D eigenvalue weighted by Gasteiger charge is -2.24. The van der Waals surface area contributed by atoms with E-state index in [1.54, 1.807) is 25.7 Å². The molecule has 1 heterocycles. The third-order valence-corrected chi connectivity index (χ3v) is 2.77. The number of hydrogen-bond donors (Lipinski definition) is 2. The van der Waals surface area contributed by atoms with E-state index in [0.717, 1.165) is 5.69 Å². The molecule has 1 aromatic rings. The minimum Gasteiger partial charge on any atom is -0.379 e. The summed E-state index contributed by atoms with van der Waals surface area (Å²) in [5, 5.41) is 0. The van der Waals surface area contributed by atoms with Gasteiger partial charge in [0.1, 0.15) is 0 Å². The third kappa shape index (κ3) is 2.31. The van der Waals surface area contributed by atoms with Gasteiger partial charge in [0.05, 0.1) is 24.0 Å². The molecule has 82 valence electrons.